The second-order valence-electron chi connectivity index (χ2n) is 5.00. The molecule has 0 heterocycles. The highest BCUT2D eigenvalue weighted by Crippen LogP contribution is 2.19. The van der Waals surface area contributed by atoms with Gasteiger partial charge in [-0.3, -0.25) is 14.9 Å². The maximum Gasteiger partial charge on any atom is 0.339 e. The Morgan fingerprint density at radius 2 is 1.64 bits per heavy atom. The summed E-state index contributed by atoms with van der Waals surface area (Å²) >= 11 is 0. The summed E-state index contributed by atoms with van der Waals surface area (Å²) < 4.78 is 5.28. The van der Waals surface area contributed by atoms with Crippen LogP contribution in [-0.4, -0.2) is 31.2 Å². The number of carbonyl (C=O) groups is 4. The molecule has 25 heavy (non-hydrogen) atoms. The van der Waals surface area contributed by atoms with Gasteiger partial charge in [0.25, 0.3) is 5.91 Å². The third-order valence-electron chi connectivity index (χ3n) is 3.31. The highest BCUT2D eigenvalue weighted by Gasteiger charge is 2.26. The Bertz CT molecular complexity index is 772. The average molecular weight is 340 g/mol. The molecule has 0 aromatic heterocycles. The van der Waals surface area contributed by atoms with E-state index >= 15 is 0 Å². The summed E-state index contributed by atoms with van der Waals surface area (Å²) in [6.45, 7) is 0. The lowest BCUT2D eigenvalue weighted by Gasteiger charge is -2.17. The van der Waals surface area contributed by atoms with Gasteiger partial charge in [0.2, 0.25) is 6.10 Å². The van der Waals surface area contributed by atoms with E-state index in [1.807, 2.05) is 0 Å². The van der Waals surface area contributed by atoms with Crippen LogP contribution in [0.25, 0.3) is 0 Å². The summed E-state index contributed by atoms with van der Waals surface area (Å²) in [4.78, 5) is 46.6. The molecule has 0 saturated heterocycles. The van der Waals surface area contributed by atoms with Crippen molar-refractivity contribution in [3.05, 3.63) is 71.3 Å². The number of aldehydes is 1. The Balaban J connectivity index is 2.22. The smallest absolute Gasteiger partial charge is 0.339 e. The monoisotopic (exact) mass is 340 g/mol. The number of hydrogen-bond donors (Lipinski definition) is 2. The summed E-state index contributed by atoms with van der Waals surface area (Å²) in [6, 6.07) is 13.4. The Hall–Kier alpha value is -3.48. The molecule has 3 amide bonds. The Kier molecular flexibility index (Phi) is 6.00. The molecule has 0 aliphatic carbocycles. The summed E-state index contributed by atoms with van der Waals surface area (Å²) in [6.07, 6.45) is -0.643. The highest BCUT2D eigenvalue weighted by atomic mass is 16.5. The van der Waals surface area contributed by atoms with Crippen LogP contribution < -0.4 is 10.6 Å². The molecule has 0 aliphatic rings. The zero-order chi connectivity index (χ0) is 18.2. The Labute approximate surface area is 144 Å². The molecular weight excluding hydrogens is 324 g/mol. The number of imide groups is 1. The number of esters is 1. The van der Waals surface area contributed by atoms with E-state index in [1.165, 1.54) is 31.3 Å². The molecule has 2 aromatic rings. The fraction of sp³-hybridized carbons (Fsp3) is 0.111. The molecule has 7 nitrogen and oxygen atoms in total. The SMILES string of the molecule is CNC(=O)NC(=O)[C@@H](OC(=O)c1ccc(C=O)cc1)c1ccccc1. The summed E-state index contributed by atoms with van der Waals surface area (Å²) in [7, 11) is 1.36. The number of ether oxygens (including phenoxy) is 1. The molecule has 0 saturated carbocycles. The first-order valence-corrected chi connectivity index (χ1v) is 7.39. The molecule has 0 bridgehead atoms. The van der Waals surface area contributed by atoms with Crippen LogP contribution in [0.5, 0.6) is 0 Å². The van der Waals surface area contributed by atoms with Crippen molar-refractivity contribution in [3.8, 4) is 0 Å². The van der Waals surface area contributed by atoms with Crippen LogP contribution in [0.1, 0.15) is 32.4 Å². The molecule has 2 aromatic carbocycles. The van der Waals surface area contributed by atoms with Crippen molar-refractivity contribution in [3.63, 3.8) is 0 Å². The molecule has 0 radical (unpaired) electrons. The molecule has 0 spiro atoms. The Morgan fingerprint density at radius 3 is 2.20 bits per heavy atom. The predicted molar refractivity (Wildman–Crippen MR) is 89.0 cm³/mol. The average Bonchev–Trinajstić information content (AvgIpc) is 2.66. The van der Waals surface area contributed by atoms with Crippen molar-refractivity contribution in [1.82, 2.24) is 10.6 Å². The molecule has 1 atom stereocenters. The van der Waals surface area contributed by atoms with Crippen molar-refractivity contribution in [1.29, 1.82) is 0 Å². The highest BCUT2D eigenvalue weighted by molar-refractivity contribution is 5.99. The van der Waals surface area contributed by atoms with Crippen LogP contribution in [0.4, 0.5) is 4.79 Å². The third kappa shape index (κ3) is 4.74. The molecule has 128 valence electrons. The van der Waals surface area contributed by atoms with Crippen molar-refractivity contribution >= 4 is 24.2 Å². The van der Waals surface area contributed by atoms with Crippen LogP contribution in [0, 0.1) is 0 Å². The van der Waals surface area contributed by atoms with E-state index in [4.69, 9.17) is 4.74 Å². The minimum absolute atomic E-state index is 0.180. The van der Waals surface area contributed by atoms with Crippen LogP contribution in [0.2, 0.25) is 0 Å². The van der Waals surface area contributed by atoms with Gasteiger partial charge in [-0.05, 0) is 12.1 Å². The fourth-order valence-corrected chi connectivity index (χ4v) is 2.01. The standard InChI is InChI=1S/C18H16N2O5/c1-19-18(24)20-16(22)15(13-5-3-2-4-6-13)25-17(23)14-9-7-12(11-21)8-10-14/h2-11,15H,1H3,(H2,19,20,22,24)/t15-/m0/s1. The zero-order valence-corrected chi connectivity index (χ0v) is 13.4. The molecule has 2 rings (SSSR count). The second kappa shape index (κ2) is 8.39. The number of nitrogens with one attached hydrogen (secondary N) is 2. The number of amides is 3. The van der Waals surface area contributed by atoms with Crippen molar-refractivity contribution in [2.75, 3.05) is 7.05 Å². The van der Waals surface area contributed by atoms with Gasteiger partial charge in [0, 0.05) is 18.2 Å². The summed E-state index contributed by atoms with van der Waals surface area (Å²) in [5.41, 5.74) is 1.01. The number of urea groups is 1. The number of carbonyl (C=O) groups excluding carboxylic acids is 4. The summed E-state index contributed by atoms with van der Waals surface area (Å²) in [5, 5.41) is 4.35. The van der Waals surface area contributed by atoms with Gasteiger partial charge in [0.05, 0.1) is 5.56 Å². The molecule has 2 N–H and O–H groups in total. The number of hydrogen-bond acceptors (Lipinski definition) is 5. The van der Waals surface area contributed by atoms with Gasteiger partial charge in [-0.25, -0.2) is 9.59 Å². The van der Waals surface area contributed by atoms with Crippen LogP contribution in [-0.2, 0) is 9.53 Å². The van der Waals surface area contributed by atoms with Gasteiger partial charge in [0.1, 0.15) is 6.29 Å². The molecule has 7 heteroatoms. The molecule has 0 aliphatic heterocycles. The quantitative estimate of drug-likeness (QED) is 0.639. The normalized spacial score (nSPS) is 11.1. The molecular formula is C18H16N2O5. The van der Waals surface area contributed by atoms with E-state index in [-0.39, 0.29) is 5.56 Å². The van der Waals surface area contributed by atoms with Gasteiger partial charge in [0.15, 0.2) is 0 Å². The maximum atomic E-state index is 12.3. The van der Waals surface area contributed by atoms with Crippen LogP contribution in [0.3, 0.4) is 0 Å². The fourth-order valence-electron chi connectivity index (χ4n) is 2.01. The van der Waals surface area contributed by atoms with Gasteiger partial charge in [-0.1, -0.05) is 42.5 Å². The largest absolute Gasteiger partial charge is 0.444 e. The summed E-state index contributed by atoms with van der Waals surface area (Å²) in [5.74, 6) is -1.53. The lowest BCUT2D eigenvalue weighted by atomic mass is 10.1. The van der Waals surface area contributed by atoms with Crippen molar-refractivity contribution < 1.29 is 23.9 Å². The van der Waals surface area contributed by atoms with Crippen molar-refractivity contribution in [2.45, 2.75) is 6.10 Å². The van der Waals surface area contributed by atoms with Crippen LogP contribution in [0.15, 0.2) is 54.6 Å². The maximum absolute atomic E-state index is 12.3. The number of benzene rings is 2. The van der Waals surface area contributed by atoms with E-state index < -0.39 is 24.0 Å². The first-order valence-electron chi connectivity index (χ1n) is 7.39. The van der Waals surface area contributed by atoms with E-state index in [9.17, 15) is 19.2 Å². The van der Waals surface area contributed by atoms with Gasteiger partial charge in [-0.15, -0.1) is 0 Å². The molecule has 0 fully saturated rings. The van der Waals surface area contributed by atoms with Gasteiger partial charge < -0.3 is 10.1 Å². The van der Waals surface area contributed by atoms with E-state index in [0.29, 0.717) is 17.4 Å². The van der Waals surface area contributed by atoms with E-state index in [1.54, 1.807) is 30.3 Å². The van der Waals surface area contributed by atoms with E-state index in [2.05, 4.69) is 10.6 Å². The van der Waals surface area contributed by atoms with E-state index in [0.717, 1.165) is 0 Å². The van der Waals surface area contributed by atoms with Gasteiger partial charge >= 0.3 is 12.0 Å². The zero-order valence-electron chi connectivity index (χ0n) is 13.4. The second-order valence-corrected chi connectivity index (χ2v) is 5.00. The van der Waals surface area contributed by atoms with Crippen molar-refractivity contribution in [2.24, 2.45) is 0 Å². The minimum atomic E-state index is -1.29. The lowest BCUT2D eigenvalue weighted by molar-refractivity contribution is -0.129. The Morgan fingerprint density at radius 1 is 1.00 bits per heavy atom. The first-order chi connectivity index (χ1) is 12.0. The third-order valence-corrected chi connectivity index (χ3v) is 3.31. The first kappa shape index (κ1) is 17.9. The topological polar surface area (TPSA) is 102 Å². The molecule has 0 unspecified atom stereocenters. The number of rotatable bonds is 5. The lowest BCUT2D eigenvalue weighted by Crippen LogP contribution is -2.41. The van der Waals surface area contributed by atoms with Gasteiger partial charge in [-0.2, -0.15) is 0 Å². The minimum Gasteiger partial charge on any atom is -0.444 e. The predicted octanol–water partition coefficient (Wildman–Crippen LogP) is 1.85. The van der Waals surface area contributed by atoms with Crippen LogP contribution >= 0.6 is 0 Å².